The summed E-state index contributed by atoms with van der Waals surface area (Å²) in [6, 6.07) is 3.26. The van der Waals surface area contributed by atoms with Crippen molar-refractivity contribution in [2.75, 3.05) is 6.54 Å². The Hall–Kier alpha value is -1.91. The zero-order valence-corrected chi connectivity index (χ0v) is 9.43. The predicted molar refractivity (Wildman–Crippen MR) is 60.5 cm³/mol. The van der Waals surface area contributed by atoms with E-state index in [1.165, 1.54) is 12.3 Å². The van der Waals surface area contributed by atoms with Gasteiger partial charge in [-0.1, -0.05) is 0 Å². The Bertz CT molecular complexity index is 445. The van der Waals surface area contributed by atoms with Crippen LogP contribution in [0.3, 0.4) is 0 Å². The highest BCUT2D eigenvalue weighted by molar-refractivity contribution is 5.85. The fourth-order valence-electron chi connectivity index (χ4n) is 1.94. The molecular weight excluding hydrogens is 220 g/mol. The molecule has 0 spiro atoms. The third kappa shape index (κ3) is 2.81. The average molecular weight is 234 g/mol. The molecule has 1 aromatic rings. The molecule has 5 nitrogen and oxygen atoms in total. The number of carbonyl (C=O) groups is 2. The highest BCUT2D eigenvalue weighted by atomic mass is 16.4. The first-order chi connectivity index (χ1) is 8.16. The third-order valence-corrected chi connectivity index (χ3v) is 2.84. The SMILES string of the molecule is O=C(O)c1cc(CN2CCCCC2=O)ccn1. The fourth-order valence-corrected chi connectivity index (χ4v) is 1.94. The Labute approximate surface area is 99.1 Å². The van der Waals surface area contributed by atoms with Gasteiger partial charge in [0, 0.05) is 25.7 Å². The first kappa shape index (κ1) is 11.6. The Morgan fingerprint density at radius 3 is 3.00 bits per heavy atom. The molecule has 1 aromatic heterocycles. The molecule has 1 N–H and O–H groups in total. The van der Waals surface area contributed by atoms with Crippen molar-refractivity contribution in [1.82, 2.24) is 9.88 Å². The number of carboxylic acids is 1. The predicted octanol–water partition coefficient (Wildman–Crippen LogP) is 1.29. The average Bonchev–Trinajstić information content (AvgIpc) is 2.32. The Morgan fingerprint density at radius 2 is 2.29 bits per heavy atom. The number of likely N-dealkylation sites (tertiary alicyclic amines) is 1. The smallest absolute Gasteiger partial charge is 0.354 e. The van der Waals surface area contributed by atoms with Crippen molar-refractivity contribution in [3.05, 3.63) is 29.6 Å². The summed E-state index contributed by atoms with van der Waals surface area (Å²) >= 11 is 0. The van der Waals surface area contributed by atoms with Crippen LogP contribution in [0.25, 0.3) is 0 Å². The van der Waals surface area contributed by atoms with Gasteiger partial charge >= 0.3 is 5.97 Å². The number of aromatic carboxylic acids is 1. The second kappa shape index (κ2) is 4.95. The monoisotopic (exact) mass is 234 g/mol. The molecule has 5 heteroatoms. The van der Waals surface area contributed by atoms with Gasteiger partial charge in [-0.15, -0.1) is 0 Å². The van der Waals surface area contributed by atoms with Gasteiger partial charge in [0.1, 0.15) is 5.69 Å². The number of piperidine rings is 1. The summed E-state index contributed by atoms with van der Waals surface area (Å²) < 4.78 is 0. The van der Waals surface area contributed by atoms with Gasteiger partial charge in [-0.3, -0.25) is 4.79 Å². The van der Waals surface area contributed by atoms with Crippen molar-refractivity contribution in [3.63, 3.8) is 0 Å². The van der Waals surface area contributed by atoms with Gasteiger partial charge < -0.3 is 10.0 Å². The maximum Gasteiger partial charge on any atom is 0.354 e. The topological polar surface area (TPSA) is 70.5 Å². The molecule has 0 unspecified atom stereocenters. The van der Waals surface area contributed by atoms with Crippen molar-refractivity contribution in [2.45, 2.75) is 25.8 Å². The standard InChI is InChI=1S/C12H14N2O3/c15-11-3-1-2-6-14(11)8-9-4-5-13-10(7-9)12(16)17/h4-5,7H,1-3,6,8H2,(H,16,17). The lowest BCUT2D eigenvalue weighted by Crippen LogP contribution is -2.34. The van der Waals surface area contributed by atoms with E-state index in [4.69, 9.17) is 5.11 Å². The summed E-state index contributed by atoms with van der Waals surface area (Å²) in [5.74, 6) is -0.901. The van der Waals surface area contributed by atoms with Crippen LogP contribution in [0.15, 0.2) is 18.3 Å². The molecule has 1 fully saturated rings. The van der Waals surface area contributed by atoms with Crippen molar-refractivity contribution < 1.29 is 14.7 Å². The van der Waals surface area contributed by atoms with Crippen LogP contribution in [0, 0.1) is 0 Å². The highest BCUT2D eigenvalue weighted by Gasteiger charge is 2.18. The molecule has 1 amide bonds. The van der Waals surface area contributed by atoms with Crippen molar-refractivity contribution in [3.8, 4) is 0 Å². The fraction of sp³-hybridized carbons (Fsp3) is 0.417. The quantitative estimate of drug-likeness (QED) is 0.855. The molecule has 90 valence electrons. The van der Waals surface area contributed by atoms with Crippen LogP contribution in [-0.4, -0.2) is 33.4 Å². The van der Waals surface area contributed by atoms with Gasteiger partial charge in [-0.05, 0) is 30.5 Å². The third-order valence-electron chi connectivity index (χ3n) is 2.84. The van der Waals surface area contributed by atoms with Gasteiger partial charge in [-0.25, -0.2) is 9.78 Å². The molecule has 0 bridgehead atoms. The minimum absolute atomic E-state index is 0.0203. The molecule has 1 aliphatic heterocycles. The van der Waals surface area contributed by atoms with Gasteiger partial charge in [0.05, 0.1) is 0 Å². The minimum atomic E-state index is -1.04. The minimum Gasteiger partial charge on any atom is -0.477 e. The summed E-state index contributed by atoms with van der Waals surface area (Å²) in [4.78, 5) is 27.9. The second-order valence-corrected chi connectivity index (χ2v) is 4.13. The number of hydrogen-bond donors (Lipinski definition) is 1. The van der Waals surface area contributed by atoms with E-state index in [-0.39, 0.29) is 11.6 Å². The molecule has 0 aromatic carbocycles. The lowest BCUT2D eigenvalue weighted by atomic mass is 10.1. The summed E-state index contributed by atoms with van der Waals surface area (Å²) in [6.45, 7) is 1.23. The number of amides is 1. The van der Waals surface area contributed by atoms with Crippen LogP contribution in [0.4, 0.5) is 0 Å². The summed E-state index contributed by atoms with van der Waals surface area (Å²) in [5.41, 5.74) is 0.833. The number of carbonyl (C=O) groups excluding carboxylic acids is 1. The number of hydrogen-bond acceptors (Lipinski definition) is 3. The van der Waals surface area contributed by atoms with Crippen LogP contribution < -0.4 is 0 Å². The van der Waals surface area contributed by atoms with Crippen LogP contribution in [-0.2, 0) is 11.3 Å². The van der Waals surface area contributed by atoms with Crippen LogP contribution in [0.2, 0.25) is 0 Å². The van der Waals surface area contributed by atoms with Gasteiger partial charge in [0.25, 0.3) is 0 Å². The van der Waals surface area contributed by atoms with Crippen molar-refractivity contribution >= 4 is 11.9 Å². The first-order valence-corrected chi connectivity index (χ1v) is 5.63. The van der Waals surface area contributed by atoms with Crippen LogP contribution in [0.5, 0.6) is 0 Å². The van der Waals surface area contributed by atoms with E-state index < -0.39 is 5.97 Å². The van der Waals surface area contributed by atoms with E-state index in [0.29, 0.717) is 13.0 Å². The van der Waals surface area contributed by atoms with Crippen molar-refractivity contribution in [2.24, 2.45) is 0 Å². The largest absolute Gasteiger partial charge is 0.477 e. The van der Waals surface area contributed by atoms with E-state index in [9.17, 15) is 9.59 Å². The lowest BCUT2D eigenvalue weighted by Gasteiger charge is -2.26. The second-order valence-electron chi connectivity index (χ2n) is 4.13. The molecule has 0 aliphatic carbocycles. The zero-order valence-electron chi connectivity index (χ0n) is 9.43. The van der Waals surface area contributed by atoms with E-state index in [1.807, 2.05) is 0 Å². The number of nitrogens with zero attached hydrogens (tertiary/aromatic N) is 2. The molecular formula is C12H14N2O3. The lowest BCUT2D eigenvalue weighted by molar-refractivity contribution is -0.133. The zero-order chi connectivity index (χ0) is 12.3. The molecule has 17 heavy (non-hydrogen) atoms. The summed E-state index contributed by atoms with van der Waals surface area (Å²) in [6.07, 6.45) is 4.03. The molecule has 0 radical (unpaired) electrons. The Kier molecular flexibility index (Phi) is 3.37. The molecule has 0 saturated carbocycles. The number of rotatable bonds is 3. The number of carboxylic acid groups (broad SMARTS) is 1. The normalized spacial score (nSPS) is 16.0. The van der Waals surface area contributed by atoms with E-state index >= 15 is 0 Å². The molecule has 1 saturated heterocycles. The molecule has 0 atom stereocenters. The Balaban J connectivity index is 2.09. The van der Waals surface area contributed by atoms with Gasteiger partial charge in [-0.2, -0.15) is 0 Å². The van der Waals surface area contributed by atoms with E-state index in [0.717, 1.165) is 24.9 Å². The summed E-state index contributed by atoms with van der Waals surface area (Å²) in [7, 11) is 0. The number of aromatic nitrogens is 1. The van der Waals surface area contributed by atoms with Gasteiger partial charge in [0.2, 0.25) is 5.91 Å². The van der Waals surface area contributed by atoms with Crippen LogP contribution >= 0.6 is 0 Å². The molecule has 2 rings (SSSR count). The Morgan fingerprint density at radius 1 is 1.47 bits per heavy atom. The molecule has 1 aliphatic rings. The number of pyridine rings is 1. The van der Waals surface area contributed by atoms with E-state index in [1.54, 1.807) is 11.0 Å². The van der Waals surface area contributed by atoms with Crippen molar-refractivity contribution in [1.29, 1.82) is 0 Å². The van der Waals surface area contributed by atoms with Crippen LogP contribution in [0.1, 0.15) is 35.3 Å². The van der Waals surface area contributed by atoms with E-state index in [2.05, 4.69) is 4.98 Å². The maximum atomic E-state index is 11.6. The van der Waals surface area contributed by atoms with Gasteiger partial charge in [0.15, 0.2) is 0 Å². The summed E-state index contributed by atoms with van der Waals surface area (Å²) in [5, 5.41) is 8.82. The highest BCUT2D eigenvalue weighted by Crippen LogP contribution is 2.14. The maximum absolute atomic E-state index is 11.6. The first-order valence-electron chi connectivity index (χ1n) is 5.63. The molecule has 2 heterocycles.